The Morgan fingerprint density at radius 2 is 1.52 bits per heavy atom. The van der Waals surface area contributed by atoms with Crippen LogP contribution < -0.4 is 19.5 Å². The molecule has 1 N–H and O–H groups in total. The summed E-state index contributed by atoms with van der Waals surface area (Å²) in [5, 5.41) is 2.84. The van der Waals surface area contributed by atoms with Crippen LogP contribution in [0.1, 0.15) is 25.0 Å². The lowest BCUT2D eigenvalue weighted by Crippen LogP contribution is -2.36. The molecule has 0 saturated carbocycles. The molecule has 33 heavy (non-hydrogen) atoms. The number of hydrogen-bond acceptors (Lipinski definition) is 6. The zero-order chi connectivity index (χ0) is 24.6. The Labute approximate surface area is 196 Å². The van der Waals surface area contributed by atoms with E-state index in [9.17, 15) is 13.2 Å². The fraction of sp³-hybridized carbons (Fsp3) is 0.435. The maximum absolute atomic E-state index is 12.6. The van der Waals surface area contributed by atoms with E-state index < -0.39 is 10.0 Å². The number of nitrogens with zero attached hydrogens (tertiary/aromatic N) is 2. The number of ether oxygens (including phenoxy) is 3. The molecule has 0 bridgehead atoms. The van der Waals surface area contributed by atoms with Crippen molar-refractivity contribution in [3.63, 3.8) is 0 Å². The Balaban J connectivity index is 2.04. The first-order chi connectivity index (χ1) is 15.7. The van der Waals surface area contributed by atoms with Gasteiger partial charge in [-0.1, -0.05) is 26.0 Å². The number of nitrogens with one attached hydrogen (secondary N) is 1. The van der Waals surface area contributed by atoms with E-state index in [-0.39, 0.29) is 24.0 Å². The second-order valence-corrected chi connectivity index (χ2v) is 9.18. The van der Waals surface area contributed by atoms with Crippen molar-refractivity contribution in [1.29, 1.82) is 0 Å². The number of amides is 2. The first kappa shape index (κ1) is 26.3. The SMILES string of the molecule is CCN(CC)S(=O)(=O)c1ccc(CNC(=O)N(C)Cc2ccc(OC)c(OC)c2OC)cc1. The van der Waals surface area contributed by atoms with Gasteiger partial charge in [-0.05, 0) is 29.8 Å². The van der Waals surface area contributed by atoms with E-state index in [0.29, 0.717) is 30.3 Å². The average molecular weight is 480 g/mol. The smallest absolute Gasteiger partial charge is 0.317 e. The van der Waals surface area contributed by atoms with Crippen LogP contribution >= 0.6 is 0 Å². The molecule has 0 aliphatic rings. The van der Waals surface area contributed by atoms with Gasteiger partial charge in [0.15, 0.2) is 11.5 Å². The molecule has 0 saturated heterocycles. The van der Waals surface area contributed by atoms with Gasteiger partial charge in [0, 0.05) is 32.2 Å². The summed E-state index contributed by atoms with van der Waals surface area (Å²) in [5.74, 6) is 1.50. The third kappa shape index (κ3) is 6.08. The van der Waals surface area contributed by atoms with E-state index in [2.05, 4.69) is 5.32 Å². The van der Waals surface area contributed by atoms with Crippen LogP contribution in [-0.4, -0.2) is 65.1 Å². The van der Waals surface area contributed by atoms with E-state index in [1.807, 2.05) is 6.07 Å². The van der Waals surface area contributed by atoms with Crippen LogP contribution in [0.15, 0.2) is 41.3 Å². The molecular weight excluding hydrogens is 446 g/mol. The lowest BCUT2D eigenvalue weighted by molar-refractivity contribution is 0.205. The maximum atomic E-state index is 12.6. The van der Waals surface area contributed by atoms with Crippen LogP contribution in [0.3, 0.4) is 0 Å². The highest BCUT2D eigenvalue weighted by Crippen LogP contribution is 2.40. The largest absolute Gasteiger partial charge is 0.493 e. The average Bonchev–Trinajstić information content (AvgIpc) is 2.82. The number of sulfonamides is 1. The molecule has 10 heteroatoms. The molecule has 2 aromatic rings. The van der Waals surface area contributed by atoms with Gasteiger partial charge in [0.25, 0.3) is 0 Å². The third-order valence-corrected chi connectivity index (χ3v) is 7.31. The standard InChI is InChI=1S/C23H33N3O6S/c1-7-26(8-2)33(28,29)19-12-9-17(10-13-19)15-24-23(27)25(3)16-18-11-14-20(30-4)22(32-6)21(18)31-5/h9-14H,7-8,15-16H2,1-6H3,(H,24,27). The summed E-state index contributed by atoms with van der Waals surface area (Å²) in [6.45, 7) is 4.98. The molecule has 0 heterocycles. The molecular formula is C23H33N3O6S. The molecule has 0 fully saturated rings. The van der Waals surface area contributed by atoms with Gasteiger partial charge in [0.1, 0.15) is 0 Å². The minimum absolute atomic E-state index is 0.235. The first-order valence-corrected chi connectivity index (χ1v) is 12.0. The van der Waals surface area contributed by atoms with Crippen LogP contribution in [0, 0.1) is 0 Å². The molecule has 2 amide bonds. The zero-order valence-corrected chi connectivity index (χ0v) is 20.9. The minimum atomic E-state index is -3.51. The summed E-state index contributed by atoms with van der Waals surface area (Å²) in [5.41, 5.74) is 1.55. The van der Waals surface area contributed by atoms with Gasteiger partial charge in [-0.3, -0.25) is 0 Å². The van der Waals surface area contributed by atoms with Gasteiger partial charge in [0.2, 0.25) is 15.8 Å². The minimum Gasteiger partial charge on any atom is -0.493 e. The van der Waals surface area contributed by atoms with Crippen LogP contribution in [0.25, 0.3) is 0 Å². The number of urea groups is 1. The summed E-state index contributed by atoms with van der Waals surface area (Å²) in [4.78, 5) is 14.4. The first-order valence-electron chi connectivity index (χ1n) is 10.6. The monoisotopic (exact) mass is 479 g/mol. The molecule has 0 aromatic heterocycles. The number of benzene rings is 2. The third-order valence-electron chi connectivity index (χ3n) is 5.25. The predicted octanol–water partition coefficient (Wildman–Crippen LogP) is 3.08. The molecule has 2 aromatic carbocycles. The van der Waals surface area contributed by atoms with E-state index in [0.717, 1.165) is 11.1 Å². The maximum Gasteiger partial charge on any atom is 0.317 e. The van der Waals surface area contributed by atoms with E-state index >= 15 is 0 Å². The van der Waals surface area contributed by atoms with Gasteiger partial charge in [-0.2, -0.15) is 4.31 Å². The van der Waals surface area contributed by atoms with Crippen molar-refractivity contribution in [1.82, 2.24) is 14.5 Å². The normalized spacial score (nSPS) is 11.2. The number of carbonyl (C=O) groups is 1. The second kappa shape index (κ2) is 11.8. The van der Waals surface area contributed by atoms with Crippen LogP contribution in [0.5, 0.6) is 17.2 Å². The summed E-state index contributed by atoms with van der Waals surface area (Å²) in [7, 11) is 2.77. The molecule has 0 unspecified atom stereocenters. The molecule has 0 aliphatic heterocycles. The molecule has 0 aliphatic carbocycles. The molecule has 0 radical (unpaired) electrons. The van der Waals surface area contributed by atoms with Gasteiger partial charge in [0.05, 0.1) is 32.8 Å². The lowest BCUT2D eigenvalue weighted by Gasteiger charge is -2.21. The van der Waals surface area contributed by atoms with Gasteiger partial charge >= 0.3 is 6.03 Å². The van der Waals surface area contributed by atoms with Crippen molar-refractivity contribution in [3.05, 3.63) is 47.5 Å². The Hall–Kier alpha value is -2.98. The summed E-state index contributed by atoms with van der Waals surface area (Å²) in [6, 6.07) is 9.82. The fourth-order valence-electron chi connectivity index (χ4n) is 3.42. The van der Waals surface area contributed by atoms with E-state index in [1.165, 1.54) is 23.4 Å². The topological polar surface area (TPSA) is 97.4 Å². The molecule has 9 nitrogen and oxygen atoms in total. The second-order valence-electron chi connectivity index (χ2n) is 7.24. The van der Waals surface area contributed by atoms with E-state index in [4.69, 9.17) is 14.2 Å². The quantitative estimate of drug-likeness (QED) is 0.532. The predicted molar refractivity (Wildman–Crippen MR) is 126 cm³/mol. The molecule has 0 spiro atoms. The van der Waals surface area contributed by atoms with Crippen molar-refractivity contribution < 1.29 is 27.4 Å². The van der Waals surface area contributed by atoms with Gasteiger partial charge in [-0.15, -0.1) is 0 Å². The van der Waals surface area contributed by atoms with Gasteiger partial charge < -0.3 is 24.4 Å². The van der Waals surface area contributed by atoms with Crippen molar-refractivity contribution in [2.45, 2.75) is 31.8 Å². The van der Waals surface area contributed by atoms with Crippen LogP contribution in [-0.2, 0) is 23.1 Å². The Morgan fingerprint density at radius 1 is 0.909 bits per heavy atom. The van der Waals surface area contributed by atoms with Crippen molar-refractivity contribution in [2.75, 3.05) is 41.5 Å². The molecule has 0 atom stereocenters. The van der Waals surface area contributed by atoms with Gasteiger partial charge in [-0.25, -0.2) is 13.2 Å². The zero-order valence-electron chi connectivity index (χ0n) is 20.0. The van der Waals surface area contributed by atoms with E-state index in [1.54, 1.807) is 58.3 Å². The number of methoxy groups -OCH3 is 3. The van der Waals surface area contributed by atoms with Crippen LogP contribution in [0.2, 0.25) is 0 Å². The molecule has 2 rings (SSSR count). The highest BCUT2D eigenvalue weighted by atomic mass is 32.2. The van der Waals surface area contributed by atoms with Crippen molar-refractivity contribution in [3.8, 4) is 17.2 Å². The fourth-order valence-corrected chi connectivity index (χ4v) is 4.88. The number of hydrogen-bond donors (Lipinski definition) is 1. The Morgan fingerprint density at radius 3 is 2.03 bits per heavy atom. The van der Waals surface area contributed by atoms with Crippen LogP contribution in [0.4, 0.5) is 4.79 Å². The summed E-state index contributed by atoms with van der Waals surface area (Å²) >= 11 is 0. The Kier molecular flexibility index (Phi) is 9.36. The lowest BCUT2D eigenvalue weighted by atomic mass is 10.1. The number of rotatable bonds is 11. The summed E-state index contributed by atoms with van der Waals surface area (Å²) in [6.07, 6.45) is 0. The summed E-state index contributed by atoms with van der Waals surface area (Å²) < 4.78 is 42.8. The number of carbonyl (C=O) groups excluding carboxylic acids is 1. The highest BCUT2D eigenvalue weighted by Gasteiger charge is 2.21. The van der Waals surface area contributed by atoms with Crippen molar-refractivity contribution >= 4 is 16.1 Å². The molecule has 182 valence electrons. The Bertz CT molecular complexity index is 1040. The van der Waals surface area contributed by atoms with Crippen molar-refractivity contribution in [2.24, 2.45) is 0 Å². The highest BCUT2D eigenvalue weighted by molar-refractivity contribution is 7.89.